The summed E-state index contributed by atoms with van der Waals surface area (Å²) >= 11 is 2.87. The summed E-state index contributed by atoms with van der Waals surface area (Å²) < 4.78 is 26.1. The average molecular weight is 313 g/mol. The zero-order valence-electron chi connectivity index (χ0n) is 8.86. The van der Waals surface area contributed by atoms with Crippen molar-refractivity contribution in [2.24, 2.45) is 10.8 Å². The Morgan fingerprint density at radius 1 is 1.41 bits per heavy atom. The van der Waals surface area contributed by atoms with Crippen molar-refractivity contribution in [2.75, 3.05) is 0 Å². The van der Waals surface area contributed by atoms with Gasteiger partial charge in [0.1, 0.15) is 5.41 Å². The lowest BCUT2D eigenvalue weighted by Crippen LogP contribution is -2.51. The standard InChI is InChI=1S/C10H11BrF2O4/c1-9(7(14)15)3-2-5(11)10(4-9,6(12)13)8(16)17/h2-3,5-6H,4H2,1H3,(H,14,15)(H,16,17). The van der Waals surface area contributed by atoms with Gasteiger partial charge in [-0.3, -0.25) is 9.59 Å². The summed E-state index contributed by atoms with van der Waals surface area (Å²) in [5.74, 6) is -3.02. The Balaban J connectivity index is 3.30. The molecule has 0 bridgehead atoms. The summed E-state index contributed by atoms with van der Waals surface area (Å²) in [4.78, 5) is 21.0. The van der Waals surface area contributed by atoms with Crippen molar-refractivity contribution < 1.29 is 28.6 Å². The number of halogens is 3. The molecule has 3 atom stereocenters. The van der Waals surface area contributed by atoms with Crippen LogP contribution >= 0.6 is 15.9 Å². The van der Waals surface area contributed by atoms with E-state index in [2.05, 4.69) is 15.9 Å². The third-order valence-electron chi connectivity index (χ3n) is 3.06. The minimum atomic E-state index is -3.16. The van der Waals surface area contributed by atoms with E-state index in [9.17, 15) is 18.4 Å². The lowest BCUT2D eigenvalue weighted by molar-refractivity contribution is -0.165. The summed E-state index contributed by atoms with van der Waals surface area (Å²) in [5.41, 5.74) is -4.01. The Hall–Kier alpha value is -0.980. The molecule has 1 rings (SSSR count). The van der Waals surface area contributed by atoms with E-state index in [-0.39, 0.29) is 0 Å². The molecule has 96 valence electrons. The van der Waals surface area contributed by atoms with Gasteiger partial charge in [-0.25, -0.2) is 8.78 Å². The van der Waals surface area contributed by atoms with Crippen LogP contribution in [0.4, 0.5) is 8.78 Å². The van der Waals surface area contributed by atoms with Crippen molar-refractivity contribution >= 4 is 27.9 Å². The van der Waals surface area contributed by atoms with Crippen LogP contribution in [0.2, 0.25) is 0 Å². The number of carbonyl (C=O) groups is 2. The molecule has 1 aliphatic rings. The molecule has 4 nitrogen and oxygen atoms in total. The zero-order chi connectivity index (χ0) is 13.4. The van der Waals surface area contributed by atoms with Crippen molar-refractivity contribution in [3.63, 3.8) is 0 Å². The van der Waals surface area contributed by atoms with Gasteiger partial charge in [0.05, 0.1) is 10.2 Å². The van der Waals surface area contributed by atoms with Crippen LogP contribution in [-0.2, 0) is 9.59 Å². The molecular weight excluding hydrogens is 302 g/mol. The molecule has 0 heterocycles. The maximum absolute atomic E-state index is 13.0. The molecule has 1 aliphatic carbocycles. The Morgan fingerprint density at radius 2 is 1.94 bits per heavy atom. The minimum Gasteiger partial charge on any atom is -0.481 e. The van der Waals surface area contributed by atoms with Gasteiger partial charge in [-0.05, 0) is 13.3 Å². The largest absolute Gasteiger partial charge is 0.481 e. The maximum atomic E-state index is 13.0. The second-order valence-corrected chi connectivity index (χ2v) is 5.29. The number of allylic oxidation sites excluding steroid dienone is 1. The fourth-order valence-electron chi connectivity index (χ4n) is 1.86. The number of rotatable bonds is 3. The molecule has 0 amide bonds. The quantitative estimate of drug-likeness (QED) is 0.618. The van der Waals surface area contributed by atoms with E-state index in [1.807, 2.05) is 0 Å². The average Bonchev–Trinajstić information content (AvgIpc) is 2.20. The first-order valence-corrected chi connectivity index (χ1v) is 5.67. The van der Waals surface area contributed by atoms with Gasteiger partial charge in [0, 0.05) is 0 Å². The first-order valence-electron chi connectivity index (χ1n) is 4.75. The molecular formula is C10H11BrF2O4. The first-order chi connectivity index (χ1) is 7.67. The highest BCUT2D eigenvalue weighted by molar-refractivity contribution is 9.09. The van der Waals surface area contributed by atoms with Gasteiger partial charge in [-0.2, -0.15) is 0 Å². The molecule has 0 aromatic rings. The van der Waals surface area contributed by atoms with E-state index >= 15 is 0 Å². The molecule has 0 aliphatic heterocycles. The molecule has 0 spiro atoms. The van der Waals surface area contributed by atoms with Crippen molar-refractivity contribution in [1.29, 1.82) is 0 Å². The van der Waals surface area contributed by atoms with Gasteiger partial charge < -0.3 is 10.2 Å². The molecule has 0 saturated heterocycles. The smallest absolute Gasteiger partial charge is 0.317 e. The van der Waals surface area contributed by atoms with E-state index in [1.54, 1.807) is 0 Å². The molecule has 7 heteroatoms. The second kappa shape index (κ2) is 4.36. The molecule has 2 N–H and O–H groups in total. The maximum Gasteiger partial charge on any atom is 0.317 e. The van der Waals surface area contributed by atoms with E-state index in [0.29, 0.717) is 0 Å². The zero-order valence-corrected chi connectivity index (χ0v) is 10.4. The third-order valence-corrected chi connectivity index (χ3v) is 4.18. The molecule has 3 unspecified atom stereocenters. The van der Waals surface area contributed by atoms with Gasteiger partial charge in [-0.1, -0.05) is 28.1 Å². The van der Waals surface area contributed by atoms with E-state index < -0.39 is 40.4 Å². The summed E-state index contributed by atoms with van der Waals surface area (Å²) in [6.45, 7) is 1.23. The van der Waals surface area contributed by atoms with Crippen LogP contribution in [0.3, 0.4) is 0 Å². The lowest BCUT2D eigenvalue weighted by Gasteiger charge is -2.40. The Morgan fingerprint density at radius 3 is 2.29 bits per heavy atom. The van der Waals surface area contributed by atoms with E-state index in [1.165, 1.54) is 13.0 Å². The first kappa shape index (κ1) is 14.1. The highest BCUT2D eigenvalue weighted by atomic mass is 79.9. The Labute approximate surface area is 104 Å². The van der Waals surface area contributed by atoms with Crippen LogP contribution in [0, 0.1) is 10.8 Å². The molecule has 0 aromatic heterocycles. The number of hydrogen-bond acceptors (Lipinski definition) is 2. The van der Waals surface area contributed by atoms with Gasteiger partial charge in [-0.15, -0.1) is 0 Å². The van der Waals surface area contributed by atoms with Crippen LogP contribution in [0.15, 0.2) is 12.2 Å². The number of hydrogen-bond donors (Lipinski definition) is 2. The third kappa shape index (κ3) is 2.08. The second-order valence-electron chi connectivity index (χ2n) is 4.31. The van der Waals surface area contributed by atoms with Crippen LogP contribution in [0.5, 0.6) is 0 Å². The fraction of sp³-hybridized carbons (Fsp3) is 0.600. The molecule has 0 aromatic carbocycles. The van der Waals surface area contributed by atoms with Crippen molar-refractivity contribution in [2.45, 2.75) is 24.6 Å². The van der Waals surface area contributed by atoms with Gasteiger partial charge in [0.2, 0.25) is 0 Å². The van der Waals surface area contributed by atoms with Gasteiger partial charge in [0.15, 0.2) is 0 Å². The van der Waals surface area contributed by atoms with Crippen LogP contribution in [0.25, 0.3) is 0 Å². The number of aliphatic carboxylic acids is 2. The number of alkyl halides is 3. The van der Waals surface area contributed by atoms with Gasteiger partial charge in [0.25, 0.3) is 6.43 Å². The topological polar surface area (TPSA) is 74.6 Å². The Bertz CT molecular complexity index is 385. The monoisotopic (exact) mass is 312 g/mol. The molecule has 0 radical (unpaired) electrons. The predicted octanol–water partition coefficient (Wildman–Crippen LogP) is 2.14. The van der Waals surface area contributed by atoms with Crippen LogP contribution in [-0.4, -0.2) is 33.4 Å². The highest BCUT2D eigenvalue weighted by Crippen LogP contribution is 2.49. The highest BCUT2D eigenvalue weighted by Gasteiger charge is 2.58. The summed E-state index contributed by atoms with van der Waals surface area (Å²) in [5, 5.41) is 18.0. The summed E-state index contributed by atoms with van der Waals surface area (Å²) in [6.07, 6.45) is -1.40. The Kier molecular flexibility index (Phi) is 3.61. The molecule has 17 heavy (non-hydrogen) atoms. The van der Waals surface area contributed by atoms with Crippen molar-refractivity contribution in [3.05, 3.63) is 12.2 Å². The SMILES string of the molecule is CC1(C(=O)O)C=CC(Br)C(C(=O)O)(C(F)F)C1. The fourth-order valence-corrected chi connectivity index (χ4v) is 2.57. The molecule has 0 fully saturated rings. The number of carboxylic acid groups (broad SMARTS) is 2. The summed E-state index contributed by atoms with van der Waals surface area (Å²) in [7, 11) is 0. The molecule has 0 saturated carbocycles. The van der Waals surface area contributed by atoms with Crippen LogP contribution < -0.4 is 0 Å². The van der Waals surface area contributed by atoms with Gasteiger partial charge >= 0.3 is 11.9 Å². The lowest BCUT2D eigenvalue weighted by atomic mass is 9.66. The van der Waals surface area contributed by atoms with E-state index in [0.717, 1.165) is 6.08 Å². The van der Waals surface area contributed by atoms with Crippen molar-refractivity contribution in [1.82, 2.24) is 0 Å². The predicted molar refractivity (Wildman–Crippen MR) is 58.3 cm³/mol. The van der Waals surface area contributed by atoms with E-state index in [4.69, 9.17) is 10.2 Å². The minimum absolute atomic E-state index is 0.658. The van der Waals surface area contributed by atoms with Crippen LogP contribution in [0.1, 0.15) is 13.3 Å². The summed E-state index contributed by atoms with van der Waals surface area (Å²) in [6, 6.07) is 0. The van der Waals surface area contributed by atoms with Crippen molar-refractivity contribution in [3.8, 4) is 0 Å². The normalized spacial score (nSPS) is 37.1. The number of carboxylic acids is 2.